The van der Waals surface area contributed by atoms with E-state index in [2.05, 4.69) is 20.8 Å². The van der Waals surface area contributed by atoms with Crippen LogP contribution in [0.2, 0.25) is 0 Å². The number of hydrogen-bond donors (Lipinski definition) is 2. The molecule has 0 radical (unpaired) electrons. The van der Waals surface area contributed by atoms with E-state index in [-0.39, 0.29) is 12.7 Å². The zero-order valence-corrected chi connectivity index (χ0v) is 15.0. The summed E-state index contributed by atoms with van der Waals surface area (Å²) >= 11 is 1.27. The van der Waals surface area contributed by atoms with Gasteiger partial charge in [-0.1, -0.05) is 47.7 Å². The predicted octanol–water partition coefficient (Wildman–Crippen LogP) is 3.53. The van der Waals surface area contributed by atoms with Gasteiger partial charge in [-0.05, 0) is 29.3 Å². The molecule has 1 aliphatic heterocycles. The monoisotopic (exact) mass is 380 g/mol. The molecule has 0 unspecified atom stereocenters. The van der Waals surface area contributed by atoms with Gasteiger partial charge in [0.1, 0.15) is 0 Å². The number of ether oxygens (including phenoxy) is 2. The SMILES string of the molecule is O=C(/C=C/c1ccccc1)Nc1nnc(NCc2ccc3c(c2)OCO3)s1. The van der Waals surface area contributed by atoms with E-state index in [9.17, 15) is 4.79 Å². The predicted molar refractivity (Wildman–Crippen MR) is 104 cm³/mol. The van der Waals surface area contributed by atoms with E-state index in [1.165, 1.54) is 17.4 Å². The lowest BCUT2D eigenvalue weighted by Gasteiger charge is -2.03. The van der Waals surface area contributed by atoms with E-state index in [1.54, 1.807) is 6.08 Å². The molecule has 136 valence electrons. The minimum absolute atomic E-state index is 0.252. The normalized spacial score (nSPS) is 12.3. The average Bonchev–Trinajstić information content (AvgIpc) is 3.34. The van der Waals surface area contributed by atoms with E-state index in [4.69, 9.17) is 9.47 Å². The second kappa shape index (κ2) is 7.88. The van der Waals surface area contributed by atoms with Crippen molar-refractivity contribution in [3.05, 3.63) is 65.7 Å². The van der Waals surface area contributed by atoms with Crippen molar-refractivity contribution in [2.75, 3.05) is 17.4 Å². The number of nitrogens with zero attached hydrogens (tertiary/aromatic N) is 2. The third-order valence-corrected chi connectivity index (χ3v) is 4.56. The van der Waals surface area contributed by atoms with Crippen molar-refractivity contribution in [1.82, 2.24) is 10.2 Å². The number of carbonyl (C=O) groups excluding carboxylic acids is 1. The van der Waals surface area contributed by atoms with Crippen LogP contribution in [0.4, 0.5) is 10.3 Å². The van der Waals surface area contributed by atoms with E-state index in [0.717, 1.165) is 22.6 Å². The maximum absolute atomic E-state index is 12.0. The maximum Gasteiger partial charge on any atom is 0.250 e. The van der Waals surface area contributed by atoms with Gasteiger partial charge in [-0.15, -0.1) is 10.2 Å². The molecule has 0 saturated carbocycles. The Labute approximate surface area is 159 Å². The fourth-order valence-electron chi connectivity index (χ4n) is 2.46. The highest BCUT2D eigenvalue weighted by Crippen LogP contribution is 2.32. The van der Waals surface area contributed by atoms with Crippen LogP contribution in [0.25, 0.3) is 6.08 Å². The van der Waals surface area contributed by atoms with Gasteiger partial charge in [0.15, 0.2) is 11.5 Å². The number of aromatic nitrogens is 2. The first-order chi connectivity index (χ1) is 13.3. The highest BCUT2D eigenvalue weighted by Gasteiger charge is 2.13. The second-order valence-electron chi connectivity index (χ2n) is 5.69. The lowest BCUT2D eigenvalue weighted by Crippen LogP contribution is -2.07. The Bertz CT molecular complexity index is 972. The average molecular weight is 380 g/mol. The first kappa shape index (κ1) is 17.0. The van der Waals surface area contributed by atoms with Crippen molar-refractivity contribution < 1.29 is 14.3 Å². The van der Waals surface area contributed by atoms with E-state index in [1.807, 2.05) is 48.5 Å². The van der Waals surface area contributed by atoms with Gasteiger partial charge in [-0.3, -0.25) is 10.1 Å². The van der Waals surface area contributed by atoms with Crippen molar-refractivity contribution in [2.24, 2.45) is 0 Å². The van der Waals surface area contributed by atoms with Gasteiger partial charge in [0, 0.05) is 12.6 Å². The number of hydrogen-bond acceptors (Lipinski definition) is 7. The molecule has 2 aromatic carbocycles. The number of anilines is 2. The molecule has 0 atom stereocenters. The summed E-state index contributed by atoms with van der Waals surface area (Å²) in [6.07, 6.45) is 3.21. The summed E-state index contributed by atoms with van der Waals surface area (Å²) in [5.41, 5.74) is 1.99. The van der Waals surface area contributed by atoms with Crippen LogP contribution >= 0.6 is 11.3 Å². The molecule has 2 heterocycles. The zero-order valence-electron chi connectivity index (χ0n) is 14.2. The van der Waals surface area contributed by atoms with Gasteiger partial charge in [0.2, 0.25) is 23.0 Å². The van der Waals surface area contributed by atoms with E-state index < -0.39 is 0 Å². The van der Waals surface area contributed by atoms with Crippen LogP contribution < -0.4 is 20.1 Å². The van der Waals surface area contributed by atoms with Crippen LogP contribution in [-0.2, 0) is 11.3 Å². The van der Waals surface area contributed by atoms with E-state index in [0.29, 0.717) is 16.8 Å². The third-order valence-electron chi connectivity index (χ3n) is 3.76. The smallest absolute Gasteiger partial charge is 0.250 e. The molecular formula is C19H16N4O3S. The number of carbonyl (C=O) groups is 1. The molecule has 3 aromatic rings. The zero-order chi connectivity index (χ0) is 18.5. The van der Waals surface area contributed by atoms with Gasteiger partial charge >= 0.3 is 0 Å². The maximum atomic E-state index is 12.0. The highest BCUT2D eigenvalue weighted by atomic mass is 32.1. The van der Waals surface area contributed by atoms with Crippen LogP contribution in [0.5, 0.6) is 11.5 Å². The van der Waals surface area contributed by atoms with Crippen molar-refractivity contribution in [2.45, 2.75) is 6.54 Å². The highest BCUT2D eigenvalue weighted by molar-refractivity contribution is 7.19. The Balaban J connectivity index is 1.30. The Morgan fingerprint density at radius 3 is 2.78 bits per heavy atom. The Kier molecular flexibility index (Phi) is 4.97. The van der Waals surface area contributed by atoms with Crippen molar-refractivity contribution in [1.29, 1.82) is 0 Å². The molecular weight excluding hydrogens is 364 g/mol. The van der Waals surface area contributed by atoms with Crippen molar-refractivity contribution in [3.63, 3.8) is 0 Å². The molecule has 2 N–H and O–H groups in total. The number of rotatable bonds is 6. The largest absolute Gasteiger partial charge is 0.454 e. The third kappa shape index (κ3) is 4.42. The fraction of sp³-hybridized carbons (Fsp3) is 0.105. The summed E-state index contributed by atoms with van der Waals surface area (Å²) in [5, 5.41) is 15.0. The van der Waals surface area contributed by atoms with Gasteiger partial charge in [0.05, 0.1) is 0 Å². The van der Waals surface area contributed by atoms with Crippen molar-refractivity contribution in [3.8, 4) is 11.5 Å². The summed E-state index contributed by atoms with van der Waals surface area (Å²) in [7, 11) is 0. The number of benzene rings is 2. The topological polar surface area (TPSA) is 85.4 Å². The summed E-state index contributed by atoms with van der Waals surface area (Å²) in [6, 6.07) is 15.4. The lowest BCUT2D eigenvalue weighted by atomic mass is 10.2. The molecule has 1 aliphatic rings. The molecule has 8 heteroatoms. The van der Waals surface area contributed by atoms with Crippen molar-refractivity contribution >= 4 is 33.6 Å². The Hall–Kier alpha value is -3.39. The molecule has 7 nitrogen and oxygen atoms in total. The molecule has 1 aromatic heterocycles. The second-order valence-corrected chi connectivity index (χ2v) is 6.66. The number of nitrogens with one attached hydrogen (secondary N) is 2. The molecule has 0 fully saturated rings. The summed E-state index contributed by atoms with van der Waals surface area (Å²) in [6.45, 7) is 0.817. The summed E-state index contributed by atoms with van der Waals surface area (Å²) in [4.78, 5) is 12.0. The Morgan fingerprint density at radius 1 is 1.07 bits per heavy atom. The fourth-order valence-corrected chi connectivity index (χ4v) is 3.10. The summed E-state index contributed by atoms with van der Waals surface area (Å²) < 4.78 is 10.7. The van der Waals surface area contributed by atoms with Crippen LogP contribution in [0.3, 0.4) is 0 Å². The number of fused-ring (bicyclic) bond motifs is 1. The first-order valence-electron chi connectivity index (χ1n) is 8.26. The van der Waals surface area contributed by atoms with Crippen LogP contribution in [0.1, 0.15) is 11.1 Å². The van der Waals surface area contributed by atoms with Crippen LogP contribution in [-0.4, -0.2) is 22.9 Å². The van der Waals surface area contributed by atoms with Gasteiger partial charge in [-0.2, -0.15) is 0 Å². The van der Waals surface area contributed by atoms with Crippen LogP contribution in [0.15, 0.2) is 54.6 Å². The minimum atomic E-state index is -0.252. The number of amides is 1. The molecule has 0 saturated heterocycles. The molecule has 0 spiro atoms. The molecule has 0 bridgehead atoms. The minimum Gasteiger partial charge on any atom is -0.454 e. The van der Waals surface area contributed by atoms with Gasteiger partial charge < -0.3 is 14.8 Å². The Morgan fingerprint density at radius 2 is 1.89 bits per heavy atom. The lowest BCUT2D eigenvalue weighted by molar-refractivity contribution is -0.111. The molecule has 27 heavy (non-hydrogen) atoms. The summed E-state index contributed by atoms with van der Waals surface area (Å²) in [5.74, 6) is 1.24. The van der Waals surface area contributed by atoms with E-state index >= 15 is 0 Å². The standard InChI is InChI=1S/C19H16N4O3S/c24-17(9-7-13-4-2-1-3-5-13)21-19-23-22-18(27-19)20-11-14-6-8-15-16(10-14)26-12-25-15/h1-10H,11-12H2,(H,20,22)(H,21,23,24)/b9-7+. The molecule has 0 aliphatic carbocycles. The molecule has 1 amide bonds. The van der Waals surface area contributed by atoms with Crippen LogP contribution in [0, 0.1) is 0 Å². The first-order valence-corrected chi connectivity index (χ1v) is 9.08. The molecule has 4 rings (SSSR count). The quantitative estimate of drug-likeness (QED) is 0.637. The van der Waals surface area contributed by atoms with Gasteiger partial charge in [-0.25, -0.2) is 0 Å². The van der Waals surface area contributed by atoms with Gasteiger partial charge in [0.25, 0.3) is 0 Å².